The van der Waals surface area contributed by atoms with Crippen LogP contribution in [0, 0.1) is 5.41 Å². The van der Waals surface area contributed by atoms with Gasteiger partial charge < -0.3 is 10.1 Å². The molecule has 0 aliphatic heterocycles. The Balaban J connectivity index is 2.04. The summed E-state index contributed by atoms with van der Waals surface area (Å²) in [5.41, 5.74) is 2.77. The fourth-order valence-corrected chi connectivity index (χ4v) is 3.39. The highest BCUT2D eigenvalue weighted by atomic mass is 16.4. The molecule has 2 N–H and O–H groups in total. The third-order valence-corrected chi connectivity index (χ3v) is 4.68. The number of aromatic amines is 1. The highest BCUT2D eigenvalue weighted by Crippen LogP contribution is 2.64. The standard InChI is InChI=1S/C14H19NO2/c1-13(2)8-14(13,12(16)17)11-7-9-5-3-4-6-10(9)15-11/h7,15H,3-6,8H2,1-2H3,(H,16,17). The molecule has 1 atom stereocenters. The quantitative estimate of drug-likeness (QED) is 0.825. The zero-order valence-electron chi connectivity index (χ0n) is 10.5. The van der Waals surface area contributed by atoms with Gasteiger partial charge in [-0.25, -0.2) is 0 Å². The second kappa shape index (κ2) is 3.15. The van der Waals surface area contributed by atoms with Gasteiger partial charge in [-0.15, -0.1) is 0 Å². The van der Waals surface area contributed by atoms with Gasteiger partial charge in [-0.05, 0) is 49.1 Å². The van der Waals surface area contributed by atoms with Crippen molar-refractivity contribution in [2.24, 2.45) is 5.41 Å². The van der Waals surface area contributed by atoms with Crippen LogP contribution in [0.25, 0.3) is 0 Å². The van der Waals surface area contributed by atoms with Crippen molar-refractivity contribution in [1.82, 2.24) is 4.98 Å². The Hall–Kier alpha value is -1.25. The van der Waals surface area contributed by atoms with Crippen LogP contribution in [0.5, 0.6) is 0 Å². The number of hydrogen-bond donors (Lipinski definition) is 2. The smallest absolute Gasteiger partial charge is 0.316 e. The Morgan fingerprint density at radius 1 is 1.35 bits per heavy atom. The molecule has 3 nitrogen and oxygen atoms in total. The molecule has 2 aliphatic carbocycles. The first-order valence-corrected chi connectivity index (χ1v) is 6.42. The van der Waals surface area contributed by atoms with Crippen LogP contribution < -0.4 is 0 Å². The minimum absolute atomic E-state index is 0.119. The lowest BCUT2D eigenvalue weighted by molar-refractivity contribution is -0.141. The van der Waals surface area contributed by atoms with Crippen LogP contribution >= 0.6 is 0 Å². The summed E-state index contributed by atoms with van der Waals surface area (Å²) in [4.78, 5) is 15.0. The predicted molar refractivity (Wildman–Crippen MR) is 65.1 cm³/mol. The normalized spacial score (nSPS) is 29.8. The molecule has 1 unspecified atom stereocenters. The van der Waals surface area contributed by atoms with Gasteiger partial charge in [-0.2, -0.15) is 0 Å². The Labute approximate surface area is 101 Å². The molecular formula is C14H19NO2. The van der Waals surface area contributed by atoms with Crippen molar-refractivity contribution in [2.45, 2.75) is 51.4 Å². The third kappa shape index (κ3) is 1.31. The van der Waals surface area contributed by atoms with Gasteiger partial charge in [0.05, 0.1) is 0 Å². The summed E-state index contributed by atoms with van der Waals surface area (Å²) in [6.45, 7) is 4.09. The highest BCUT2D eigenvalue weighted by Gasteiger charge is 2.68. The van der Waals surface area contributed by atoms with E-state index in [-0.39, 0.29) is 5.41 Å². The van der Waals surface area contributed by atoms with Gasteiger partial charge in [0.25, 0.3) is 0 Å². The van der Waals surface area contributed by atoms with Gasteiger partial charge >= 0.3 is 5.97 Å². The minimum Gasteiger partial charge on any atom is -0.481 e. The first-order chi connectivity index (χ1) is 7.97. The summed E-state index contributed by atoms with van der Waals surface area (Å²) in [6, 6.07) is 2.11. The summed E-state index contributed by atoms with van der Waals surface area (Å²) >= 11 is 0. The van der Waals surface area contributed by atoms with Gasteiger partial charge in [-0.1, -0.05) is 13.8 Å². The molecular weight excluding hydrogens is 214 g/mol. The zero-order chi connectivity index (χ0) is 12.3. The fourth-order valence-electron chi connectivity index (χ4n) is 3.39. The number of carbonyl (C=O) groups is 1. The van der Waals surface area contributed by atoms with Crippen molar-refractivity contribution < 1.29 is 9.90 Å². The topological polar surface area (TPSA) is 53.1 Å². The first kappa shape index (κ1) is 10.9. The fraction of sp³-hybridized carbons (Fsp3) is 0.643. The van der Waals surface area contributed by atoms with Crippen LogP contribution in [0.2, 0.25) is 0 Å². The molecule has 2 aliphatic rings. The van der Waals surface area contributed by atoms with Gasteiger partial charge in [-0.3, -0.25) is 4.79 Å². The maximum absolute atomic E-state index is 11.6. The molecule has 0 saturated heterocycles. The van der Waals surface area contributed by atoms with Crippen LogP contribution in [0.4, 0.5) is 0 Å². The van der Waals surface area contributed by atoms with E-state index in [0.717, 1.165) is 25.0 Å². The molecule has 0 radical (unpaired) electrons. The van der Waals surface area contributed by atoms with Gasteiger partial charge in [0, 0.05) is 11.4 Å². The number of carboxylic acid groups (broad SMARTS) is 1. The van der Waals surface area contributed by atoms with Crippen molar-refractivity contribution >= 4 is 5.97 Å². The molecule has 0 bridgehead atoms. The minimum atomic E-state index is -0.680. The Kier molecular flexibility index (Phi) is 2.02. The van der Waals surface area contributed by atoms with Crippen molar-refractivity contribution in [3.8, 4) is 0 Å². The van der Waals surface area contributed by atoms with Crippen LogP contribution in [0.15, 0.2) is 6.07 Å². The molecule has 0 aromatic carbocycles. The first-order valence-electron chi connectivity index (χ1n) is 6.42. The predicted octanol–water partition coefficient (Wildman–Crippen LogP) is 2.65. The van der Waals surface area contributed by atoms with E-state index in [9.17, 15) is 9.90 Å². The number of fused-ring (bicyclic) bond motifs is 1. The molecule has 92 valence electrons. The highest BCUT2D eigenvalue weighted by molar-refractivity contribution is 5.86. The van der Waals surface area contributed by atoms with Crippen molar-refractivity contribution in [3.05, 3.63) is 23.0 Å². The molecule has 17 heavy (non-hydrogen) atoms. The van der Waals surface area contributed by atoms with E-state index in [0.29, 0.717) is 0 Å². The lowest BCUT2D eigenvalue weighted by Gasteiger charge is -2.14. The zero-order valence-corrected chi connectivity index (χ0v) is 10.5. The number of rotatable bonds is 2. The van der Waals surface area contributed by atoms with E-state index >= 15 is 0 Å². The lowest BCUT2D eigenvalue weighted by atomic mass is 9.91. The van der Waals surface area contributed by atoms with E-state index in [1.807, 2.05) is 13.8 Å². The van der Waals surface area contributed by atoms with Crippen LogP contribution in [0.3, 0.4) is 0 Å². The third-order valence-electron chi connectivity index (χ3n) is 4.68. The Morgan fingerprint density at radius 2 is 2.00 bits per heavy atom. The molecule has 0 spiro atoms. The molecule has 1 saturated carbocycles. The molecule has 1 fully saturated rings. The summed E-state index contributed by atoms with van der Waals surface area (Å²) in [5, 5.41) is 9.53. The van der Waals surface area contributed by atoms with Gasteiger partial charge in [0.15, 0.2) is 0 Å². The Morgan fingerprint density at radius 3 is 2.53 bits per heavy atom. The summed E-state index contributed by atoms with van der Waals surface area (Å²) in [7, 11) is 0. The van der Waals surface area contributed by atoms with Crippen LogP contribution in [-0.4, -0.2) is 16.1 Å². The van der Waals surface area contributed by atoms with E-state index in [4.69, 9.17) is 0 Å². The number of aliphatic carboxylic acids is 1. The SMILES string of the molecule is CC1(C)CC1(C(=O)O)c1cc2c([nH]1)CCCC2. The van der Waals surface area contributed by atoms with Crippen molar-refractivity contribution in [3.63, 3.8) is 0 Å². The lowest BCUT2D eigenvalue weighted by Crippen LogP contribution is -2.26. The van der Waals surface area contributed by atoms with Crippen LogP contribution in [0.1, 0.15) is 50.1 Å². The van der Waals surface area contributed by atoms with Crippen molar-refractivity contribution in [1.29, 1.82) is 0 Å². The Bertz CT molecular complexity index is 463. The average molecular weight is 233 g/mol. The second-order valence-corrected chi connectivity index (χ2v) is 6.17. The van der Waals surface area contributed by atoms with E-state index in [1.54, 1.807) is 0 Å². The summed E-state index contributed by atoms with van der Waals surface area (Å²) < 4.78 is 0. The second-order valence-electron chi connectivity index (χ2n) is 6.17. The van der Waals surface area contributed by atoms with Gasteiger partial charge in [0.2, 0.25) is 0 Å². The largest absolute Gasteiger partial charge is 0.481 e. The van der Waals surface area contributed by atoms with Gasteiger partial charge in [0.1, 0.15) is 5.41 Å². The maximum Gasteiger partial charge on any atom is 0.316 e. The number of nitrogens with one attached hydrogen (secondary N) is 1. The molecule has 3 rings (SSSR count). The summed E-state index contributed by atoms with van der Waals surface area (Å²) in [5.74, 6) is -0.680. The molecule has 1 aromatic heterocycles. The average Bonchev–Trinajstić information content (AvgIpc) is 2.69. The number of hydrogen-bond acceptors (Lipinski definition) is 1. The molecule has 0 amide bonds. The number of H-pyrrole nitrogens is 1. The molecule has 1 heterocycles. The maximum atomic E-state index is 11.6. The van der Waals surface area contributed by atoms with E-state index in [1.165, 1.54) is 24.1 Å². The molecule has 3 heteroatoms. The van der Waals surface area contributed by atoms with Crippen LogP contribution in [-0.2, 0) is 23.1 Å². The van der Waals surface area contributed by atoms with E-state index < -0.39 is 11.4 Å². The van der Waals surface area contributed by atoms with Crippen molar-refractivity contribution in [2.75, 3.05) is 0 Å². The van der Waals surface area contributed by atoms with E-state index in [2.05, 4.69) is 11.1 Å². The number of aryl methyl sites for hydroxylation is 2. The number of aromatic nitrogens is 1. The summed E-state index contributed by atoms with van der Waals surface area (Å²) in [6.07, 6.45) is 5.37. The number of carboxylic acids is 1. The monoisotopic (exact) mass is 233 g/mol. The molecule has 1 aromatic rings.